The smallest absolute Gasteiger partial charge is 0.222 e. The van der Waals surface area contributed by atoms with E-state index in [-0.39, 0.29) is 11.9 Å². The van der Waals surface area contributed by atoms with Gasteiger partial charge in [0.05, 0.1) is 0 Å². The molecule has 1 heterocycles. The first-order valence-electron chi connectivity index (χ1n) is 6.24. The van der Waals surface area contributed by atoms with Crippen LogP contribution >= 0.6 is 0 Å². The van der Waals surface area contributed by atoms with E-state index in [9.17, 15) is 4.79 Å². The van der Waals surface area contributed by atoms with Crippen molar-refractivity contribution in [1.82, 2.24) is 4.90 Å². The van der Waals surface area contributed by atoms with Gasteiger partial charge in [-0.3, -0.25) is 4.79 Å². The van der Waals surface area contributed by atoms with Gasteiger partial charge < -0.3 is 10.6 Å². The highest BCUT2D eigenvalue weighted by atomic mass is 16.2. The van der Waals surface area contributed by atoms with Gasteiger partial charge in [-0.15, -0.1) is 0 Å². The minimum absolute atomic E-state index is 0.178. The summed E-state index contributed by atoms with van der Waals surface area (Å²) in [5.41, 5.74) is 8.33. The second-order valence-electron chi connectivity index (χ2n) is 4.81. The zero-order valence-electron chi connectivity index (χ0n) is 10.4. The Morgan fingerprint density at radius 2 is 2.24 bits per heavy atom. The lowest BCUT2D eigenvalue weighted by Gasteiger charge is -2.15. The molecule has 1 atom stereocenters. The molecule has 0 aliphatic carbocycles. The molecule has 1 aliphatic heterocycles. The highest BCUT2D eigenvalue weighted by Crippen LogP contribution is 2.13. The number of nitrogens with two attached hydrogens (primary N) is 1. The van der Waals surface area contributed by atoms with E-state index in [1.54, 1.807) is 0 Å². The lowest BCUT2D eigenvalue weighted by atomic mass is 10.0. The first kappa shape index (κ1) is 12.1. The van der Waals surface area contributed by atoms with E-state index >= 15 is 0 Å². The third-order valence-corrected chi connectivity index (χ3v) is 3.45. The summed E-state index contributed by atoms with van der Waals surface area (Å²) < 4.78 is 0. The van der Waals surface area contributed by atoms with Crippen molar-refractivity contribution < 1.29 is 4.79 Å². The van der Waals surface area contributed by atoms with Crippen LogP contribution < -0.4 is 5.73 Å². The highest BCUT2D eigenvalue weighted by Gasteiger charge is 2.22. The van der Waals surface area contributed by atoms with Crippen LogP contribution in [0.15, 0.2) is 24.3 Å². The molecule has 0 saturated carbocycles. The van der Waals surface area contributed by atoms with Crippen molar-refractivity contribution in [3.8, 4) is 0 Å². The van der Waals surface area contributed by atoms with Crippen molar-refractivity contribution in [1.29, 1.82) is 0 Å². The van der Waals surface area contributed by atoms with E-state index in [2.05, 4.69) is 19.1 Å². The lowest BCUT2D eigenvalue weighted by molar-refractivity contribution is -0.130. The molecule has 2 rings (SSSR count). The van der Waals surface area contributed by atoms with E-state index in [1.165, 1.54) is 11.1 Å². The monoisotopic (exact) mass is 232 g/mol. The van der Waals surface area contributed by atoms with Gasteiger partial charge in [0.15, 0.2) is 0 Å². The number of nitrogens with zero attached hydrogens (tertiary/aromatic N) is 1. The van der Waals surface area contributed by atoms with Crippen molar-refractivity contribution in [2.75, 3.05) is 13.1 Å². The molecular formula is C14H20N2O. The van der Waals surface area contributed by atoms with Crippen LogP contribution in [0, 0.1) is 6.92 Å². The number of aryl methyl sites for hydroxylation is 2. The van der Waals surface area contributed by atoms with Gasteiger partial charge in [-0.1, -0.05) is 24.3 Å². The minimum Gasteiger partial charge on any atom is -0.341 e. The average molecular weight is 232 g/mol. The van der Waals surface area contributed by atoms with Crippen LogP contribution in [0.5, 0.6) is 0 Å². The molecule has 17 heavy (non-hydrogen) atoms. The van der Waals surface area contributed by atoms with Crippen LogP contribution in [0.4, 0.5) is 0 Å². The Morgan fingerprint density at radius 3 is 2.88 bits per heavy atom. The molecule has 1 aromatic carbocycles. The topological polar surface area (TPSA) is 46.3 Å². The Hall–Kier alpha value is -1.35. The van der Waals surface area contributed by atoms with Gasteiger partial charge in [0, 0.05) is 25.6 Å². The zero-order valence-corrected chi connectivity index (χ0v) is 10.4. The van der Waals surface area contributed by atoms with Crippen molar-refractivity contribution >= 4 is 5.91 Å². The second-order valence-corrected chi connectivity index (χ2v) is 4.81. The predicted molar refractivity (Wildman–Crippen MR) is 68.7 cm³/mol. The Morgan fingerprint density at radius 1 is 1.47 bits per heavy atom. The van der Waals surface area contributed by atoms with Crippen LogP contribution in [0.1, 0.15) is 24.0 Å². The Kier molecular flexibility index (Phi) is 3.79. The second kappa shape index (κ2) is 5.32. The molecule has 1 fully saturated rings. The number of hydrogen-bond acceptors (Lipinski definition) is 2. The van der Waals surface area contributed by atoms with E-state index in [1.807, 2.05) is 17.0 Å². The maximum absolute atomic E-state index is 11.9. The van der Waals surface area contributed by atoms with Crippen LogP contribution in [-0.4, -0.2) is 29.9 Å². The summed E-state index contributed by atoms with van der Waals surface area (Å²) in [5.74, 6) is 0.237. The highest BCUT2D eigenvalue weighted by molar-refractivity contribution is 5.76. The molecule has 1 aliphatic rings. The first-order chi connectivity index (χ1) is 8.16. The maximum atomic E-state index is 11.9. The molecule has 3 nitrogen and oxygen atoms in total. The van der Waals surface area contributed by atoms with Gasteiger partial charge in [0.1, 0.15) is 0 Å². The van der Waals surface area contributed by atoms with Crippen LogP contribution in [0.3, 0.4) is 0 Å². The van der Waals surface area contributed by atoms with Gasteiger partial charge >= 0.3 is 0 Å². The number of benzene rings is 1. The van der Waals surface area contributed by atoms with E-state index < -0.39 is 0 Å². The van der Waals surface area contributed by atoms with Crippen molar-refractivity contribution in [3.05, 3.63) is 35.4 Å². The molecule has 0 unspecified atom stereocenters. The summed E-state index contributed by atoms with van der Waals surface area (Å²) in [6.07, 6.45) is 2.37. The number of amides is 1. The standard InChI is InChI=1S/C14H20N2O/c1-11-4-2-3-5-12(11)6-7-14(17)16-9-8-13(15)10-16/h2-5,13H,6-10,15H2,1H3/t13-/m1/s1. The number of carbonyl (C=O) groups is 1. The van der Waals surface area contributed by atoms with Crippen LogP contribution in [0.25, 0.3) is 0 Å². The van der Waals surface area contributed by atoms with Crippen molar-refractivity contribution in [2.24, 2.45) is 5.73 Å². The molecule has 3 heteroatoms. The summed E-state index contributed by atoms with van der Waals surface area (Å²) in [7, 11) is 0. The average Bonchev–Trinajstić information content (AvgIpc) is 2.74. The molecule has 0 radical (unpaired) electrons. The fourth-order valence-corrected chi connectivity index (χ4v) is 2.30. The lowest BCUT2D eigenvalue weighted by Crippen LogP contribution is -2.32. The fourth-order valence-electron chi connectivity index (χ4n) is 2.30. The predicted octanol–water partition coefficient (Wildman–Crippen LogP) is 1.49. The third-order valence-electron chi connectivity index (χ3n) is 3.45. The molecule has 0 bridgehead atoms. The quantitative estimate of drug-likeness (QED) is 0.858. The number of carbonyl (C=O) groups excluding carboxylic acids is 1. The first-order valence-corrected chi connectivity index (χ1v) is 6.24. The Bertz CT molecular complexity index is 403. The van der Waals surface area contributed by atoms with Crippen molar-refractivity contribution in [2.45, 2.75) is 32.2 Å². The Balaban J connectivity index is 1.86. The molecule has 1 aromatic rings. The van der Waals surface area contributed by atoms with Gasteiger partial charge in [0.25, 0.3) is 0 Å². The van der Waals surface area contributed by atoms with E-state index in [4.69, 9.17) is 5.73 Å². The van der Waals surface area contributed by atoms with E-state index in [0.717, 1.165) is 25.9 Å². The van der Waals surface area contributed by atoms with Gasteiger partial charge in [-0.25, -0.2) is 0 Å². The van der Waals surface area contributed by atoms with Gasteiger partial charge in [-0.05, 0) is 30.9 Å². The molecular weight excluding hydrogens is 212 g/mol. The number of hydrogen-bond donors (Lipinski definition) is 1. The number of rotatable bonds is 3. The van der Waals surface area contributed by atoms with Gasteiger partial charge in [0.2, 0.25) is 5.91 Å². The zero-order chi connectivity index (χ0) is 12.3. The van der Waals surface area contributed by atoms with Crippen LogP contribution in [0.2, 0.25) is 0 Å². The molecule has 2 N–H and O–H groups in total. The summed E-state index contributed by atoms with van der Waals surface area (Å²) >= 11 is 0. The fraction of sp³-hybridized carbons (Fsp3) is 0.500. The molecule has 0 spiro atoms. The molecule has 1 amide bonds. The third kappa shape index (κ3) is 3.07. The summed E-state index contributed by atoms with van der Waals surface area (Å²) in [5, 5.41) is 0. The maximum Gasteiger partial charge on any atom is 0.222 e. The summed E-state index contributed by atoms with van der Waals surface area (Å²) in [4.78, 5) is 13.8. The van der Waals surface area contributed by atoms with E-state index in [0.29, 0.717) is 6.42 Å². The minimum atomic E-state index is 0.178. The summed E-state index contributed by atoms with van der Waals surface area (Å²) in [6.45, 7) is 3.64. The molecule has 0 aromatic heterocycles. The number of likely N-dealkylation sites (tertiary alicyclic amines) is 1. The normalized spacial score (nSPS) is 19.6. The van der Waals surface area contributed by atoms with Crippen molar-refractivity contribution in [3.63, 3.8) is 0 Å². The van der Waals surface area contributed by atoms with Crippen LogP contribution in [-0.2, 0) is 11.2 Å². The molecule has 1 saturated heterocycles. The van der Waals surface area contributed by atoms with Gasteiger partial charge in [-0.2, -0.15) is 0 Å². The Labute approximate surface area is 103 Å². The largest absolute Gasteiger partial charge is 0.341 e. The SMILES string of the molecule is Cc1ccccc1CCC(=O)N1CC[C@@H](N)C1. The molecule has 92 valence electrons. The summed E-state index contributed by atoms with van der Waals surface area (Å²) in [6, 6.07) is 8.42.